The van der Waals surface area contributed by atoms with Crippen LogP contribution < -0.4 is 0 Å². The van der Waals surface area contributed by atoms with E-state index in [0.29, 0.717) is 5.89 Å². The lowest BCUT2D eigenvalue weighted by atomic mass is 10.4. The van der Waals surface area contributed by atoms with Gasteiger partial charge in [0.05, 0.1) is 17.4 Å². The summed E-state index contributed by atoms with van der Waals surface area (Å²) in [5.41, 5.74) is 2.61. The van der Waals surface area contributed by atoms with E-state index in [2.05, 4.69) is 16.5 Å². The monoisotopic (exact) mass is 192 g/mol. The van der Waals surface area contributed by atoms with E-state index >= 15 is 0 Å². The topological polar surface area (TPSA) is 38.9 Å². The van der Waals surface area contributed by atoms with Crippen LogP contribution in [0.1, 0.15) is 11.5 Å². The molecule has 2 rings (SSSR count). The van der Waals surface area contributed by atoms with Crippen molar-refractivity contribution in [3.8, 4) is 10.8 Å². The van der Waals surface area contributed by atoms with Crippen molar-refractivity contribution in [2.75, 3.05) is 0 Å². The van der Waals surface area contributed by atoms with E-state index < -0.39 is 0 Å². The average Bonchev–Trinajstić information content (AvgIpc) is 2.71. The standard InChI is InChI=1S/C9H8N2OS/c1-3-7-6(2)11-9(12-7)8-4-10-5-13-8/h3-5H,1H2,2H3. The average molecular weight is 192 g/mol. The van der Waals surface area contributed by atoms with Gasteiger partial charge in [0.25, 0.3) is 0 Å². The molecule has 2 heterocycles. The van der Waals surface area contributed by atoms with E-state index in [0.717, 1.165) is 16.3 Å². The molecule has 0 spiro atoms. The molecule has 0 atom stereocenters. The third kappa shape index (κ3) is 1.40. The molecule has 0 aliphatic carbocycles. The van der Waals surface area contributed by atoms with Crippen LogP contribution >= 0.6 is 11.3 Å². The Labute approximate surface area is 79.8 Å². The third-order valence-electron chi connectivity index (χ3n) is 1.66. The van der Waals surface area contributed by atoms with Gasteiger partial charge in [0, 0.05) is 0 Å². The highest BCUT2D eigenvalue weighted by atomic mass is 32.1. The molecule has 0 saturated carbocycles. The number of hydrogen-bond donors (Lipinski definition) is 0. The van der Waals surface area contributed by atoms with Crippen molar-refractivity contribution in [1.29, 1.82) is 0 Å². The number of aryl methyl sites for hydroxylation is 1. The van der Waals surface area contributed by atoms with Crippen molar-refractivity contribution in [1.82, 2.24) is 9.97 Å². The predicted molar refractivity (Wildman–Crippen MR) is 52.4 cm³/mol. The first kappa shape index (κ1) is 8.19. The lowest BCUT2D eigenvalue weighted by Crippen LogP contribution is -1.73. The minimum atomic E-state index is 0.620. The molecule has 2 aromatic heterocycles. The molecule has 0 fully saturated rings. The van der Waals surface area contributed by atoms with Gasteiger partial charge in [-0.3, -0.25) is 4.98 Å². The van der Waals surface area contributed by atoms with Gasteiger partial charge in [0.15, 0.2) is 0 Å². The maximum Gasteiger partial charge on any atom is 0.238 e. The van der Waals surface area contributed by atoms with Gasteiger partial charge in [-0.15, -0.1) is 11.3 Å². The Kier molecular flexibility index (Phi) is 1.98. The van der Waals surface area contributed by atoms with Gasteiger partial charge in [-0.2, -0.15) is 0 Å². The number of thiazole rings is 1. The van der Waals surface area contributed by atoms with Crippen molar-refractivity contribution in [2.45, 2.75) is 6.92 Å². The molecule has 0 N–H and O–H groups in total. The molecule has 0 bridgehead atoms. The van der Waals surface area contributed by atoms with Crippen molar-refractivity contribution in [2.24, 2.45) is 0 Å². The number of aromatic nitrogens is 2. The smallest absolute Gasteiger partial charge is 0.238 e. The molecule has 0 aliphatic heterocycles. The molecule has 0 radical (unpaired) electrons. The Bertz CT molecular complexity index is 417. The van der Waals surface area contributed by atoms with E-state index in [1.807, 2.05) is 6.92 Å². The highest BCUT2D eigenvalue weighted by Gasteiger charge is 2.09. The zero-order valence-electron chi connectivity index (χ0n) is 7.15. The number of hydrogen-bond acceptors (Lipinski definition) is 4. The van der Waals surface area contributed by atoms with E-state index in [1.165, 1.54) is 11.3 Å². The number of nitrogens with zero attached hydrogens (tertiary/aromatic N) is 2. The van der Waals surface area contributed by atoms with Gasteiger partial charge in [0.2, 0.25) is 5.89 Å². The molecule has 0 amide bonds. The number of oxazole rings is 1. The molecule has 13 heavy (non-hydrogen) atoms. The Morgan fingerprint density at radius 2 is 2.46 bits per heavy atom. The van der Waals surface area contributed by atoms with Gasteiger partial charge in [-0.05, 0) is 13.0 Å². The molecule has 0 saturated heterocycles. The summed E-state index contributed by atoms with van der Waals surface area (Å²) in [6.45, 7) is 5.53. The molecule has 66 valence electrons. The first-order chi connectivity index (χ1) is 6.31. The Morgan fingerprint density at radius 3 is 3.00 bits per heavy atom. The third-order valence-corrected chi connectivity index (χ3v) is 2.42. The van der Waals surface area contributed by atoms with Crippen molar-refractivity contribution < 1.29 is 4.42 Å². The van der Waals surface area contributed by atoms with Gasteiger partial charge in [0.1, 0.15) is 10.6 Å². The van der Waals surface area contributed by atoms with Crippen LogP contribution in [0.5, 0.6) is 0 Å². The van der Waals surface area contributed by atoms with E-state index in [9.17, 15) is 0 Å². The van der Waals surface area contributed by atoms with Crippen molar-refractivity contribution >= 4 is 17.4 Å². The SMILES string of the molecule is C=Cc1oc(-c2cncs2)nc1C. The molecule has 0 unspecified atom stereocenters. The van der Waals surface area contributed by atoms with E-state index in [4.69, 9.17) is 4.42 Å². The first-order valence-corrected chi connectivity index (χ1v) is 4.68. The van der Waals surface area contributed by atoms with Crippen LogP contribution in [0.2, 0.25) is 0 Å². The maximum absolute atomic E-state index is 5.45. The minimum Gasteiger partial charge on any atom is -0.436 e. The summed E-state index contributed by atoms with van der Waals surface area (Å²) in [4.78, 5) is 9.15. The lowest BCUT2D eigenvalue weighted by molar-refractivity contribution is 0.565. The largest absolute Gasteiger partial charge is 0.436 e. The molecule has 0 aliphatic rings. The molecular formula is C9H8N2OS. The summed E-state index contributed by atoms with van der Waals surface area (Å²) in [7, 11) is 0. The predicted octanol–water partition coefficient (Wildman–Crippen LogP) is 2.75. The Balaban J connectivity index is 2.48. The quantitative estimate of drug-likeness (QED) is 0.734. The van der Waals surface area contributed by atoms with Crippen LogP contribution in [0.4, 0.5) is 0 Å². The molecule has 0 aromatic carbocycles. The summed E-state index contributed by atoms with van der Waals surface area (Å²) in [6.07, 6.45) is 3.40. The zero-order valence-corrected chi connectivity index (χ0v) is 7.97. The Hall–Kier alpha value is -1.42. The Morgan fingerprint density at radius 1 is 1.62 bits per heavy atom. The summed E-state index contributed by atoms with van der Waals surface area (Å²) in [5.74, 6) is 1.35. The zero-order chi connectivity index (χ0) is 9.26. The summed E-state index contributed by atoms with van der Waals surface area (Å²) in [5, 5.41) is 0. The second-order valence-electron chi connectivity index (χ2n) is 2.54. The molecule has 4 heteroatoms. The van der Waals surface area contributed by atoms with E-state index in [1.54, 1.807) is 17.8 Å². The fraction of sp³-hybridized carbons (Fsp3) is 0.111. The molecule has 2 aromatic rings. The van der Waals surface area contributed by atoms with Crippen molar-refractivity contribution in [3.63, 3.8) is 0 Å². The minimum absolute atomic E-state index is 0.620. The van der Waals surface area contributed by atoms with Crippen LogP contribution in [0.25, 0.3) is 16.8 Å². The van der Waals surface area contributed by atoms with Crippen LogP contribution in [0, 0.1) is 6.92 Å². The van der Waals surface area contributed by atoms with Gasteiger partial charge in [-0.25, -0.2) is 4.98 Å². The summed E-state index contributed by atoms with van der Waals surface area (Å²) >= 11 is 1.51. The van der Waals surface area contributed by atoms with Gasteiger partial charge in [-0.1, -0.05) is 6.58 Å². The lowest BCUT2D eigenvalue weighted by Gasteiger charge is -1.84. The maximum atomic E-state index is 5.45. The highest BCUT2D eigenvalue weighted by molar-refractivity contribution is 7.13. The first-order valence-electron chi connectivity index (χ1n) is 3.80. The molecular weight excluding hydrogens is 184 g/mol. The fourth-order valence-corrected chi connectivity index (χ4v) is 1.57. The number of rotatable bonds is 2. The molecule has 3 nitrogen and oxygen atoms in total. The fourth-order valence-electron chi connectivity index (χ4n) is 1.02. The van der Waals surface area contributed by atoms with Gasteiger partial charge < -0.3 is 4.42 Å². The second-order valence-corrected chi connectivity index (χ2v) is 3.42. The summed E-state index contributed by atoms with van der Waals surface area (Å²) in [6, 6.07) is 0. The normalized spacial score (nSPS) is 10.2. The van der Waals surface area contributed by atoms with E-state index in [-0.39, 0.29) is 0 Å². The van der Waals surface area contributed by atoms with Gasteiger partial charge >= 0.3 is 0 Å². The highest BCUT2D eigenvalue weighted by Crippen LogP contribution is 2.24. The van der Waals surface area contributed by atoms with Crippen LogP contribution in [-0.4, -0.2) is 9.97 Å². The van der Waals surface area contributed by atoms with Crippen LogP contribution in [-0.2, 0) is 0 Å². The summed E-state index contributed by atoms with van der Waals surface area (Å²) < 4.78 is 5.45. The van der Waals surface area contributed by atoms with Crippen LogP contribution in [0.3, 0.4) is 0 Å². The van der Waals surface area contributed by atoms with Crippen molar-refractivity contribution in [3.05, 3.63) is 29.7 Å². The van der Waals surface area contributed by atoms with Crippen LogP contribution in [0.15, 0.2) is 22.7 Å². The second kappa shape index (κ2) is 3.14.